The Hall–Kier alpha value is -1.89. The fraction of sp³-hybridized carbons (Fsp3) is 0.278. The van der Waals surface area contributed by atoms with Crippen molar-refractivity contribution in [3.63, 3.8) is 0 Å². The highest BCUT2D eigenvalue weighted by Gasteiger charge is 2.29. The summed E-state index contributed by atoms with van der Waals surface area (Å²) >= 11 is 6.03. The number of hydrogen-bond donors (Lipinski definition) is 0. The first-order valence-electron chi connectivity index (χ1n) is 7.99. The summed E-state index contributed by atoms with van der Waals surface area (Å²) in [6.07, 6.45) is 0. The minimum atomic E-state index is -3.60. The molecule has 0 N–H and O–H groups in total. The van der Waals surface area contributed by atoms with E-state index in [0.717, 1.165) is 5.69 Å². The second-order valence-electron chi connectivity index (χ2n) is 5.96. The van der Waals surface area contributed by atoms with Crippen LogP contribution >= 0.6 is 11.6 Å². The molecule has 0 bridgehead atoms. The summed E-state index contributed by atoms with van der Waals surface area (Å²) in [6.45, 7) is 3.38. The zero-order valence-corrected chi connectivity index (χ0v) is 15.4. The van der Waals surface area contributed by atoms with Crippen molar-refractivity contribution in [3.8, 4) is 0 Å². The van der Waals surface area contributed by atoms with E-state index in [1.165, 1.54) is 23.4 Å². The number of piperazine rings is 1. The molecule has 7 heteroatoms. The third kappa shape index (κ3) is 3.86. The lowest BCUT2D eigenvalue weighted by molar-refractivity contribution is 0.101. The van der Waals surface area contributed by atoms with Gasteiger partial charge in [0.1, 0.15) is 0 Å². The van der Waals surface area contributed by atoms with E-state index in [-0.39, 0.29) is 10.7 Å². The van der Waals surface area contributed by atoms with Gasteiger partial charge in [-0.1, -0.05) is 29.8 Å². The molecule has 0 atom stereocenters. The molecular formula is C18H19ClN2O3S. The van der Waals surface area contributed by atoms with E-state index in [0.29, 0.717) is 36.8 Å². The van der Waals surface area contributed by atoms with E-state index >= 15 is 0 Å². The summed E-state index contributed by atoms with van der Waals surface area (Å²) in [4.78, 5) is 13.8. The molecule has 2 aromatic rings. The second-order valence-corrected chi connectivity index (χ2v) is 8.33. The summed E-state index contributed by atoms with van der Waals surface area (Å²) in [5, 5.41) is 0.661. The average Bonchev–Trinajstić information content (AvgIpc) is 2.62. The minimum Gasteiger partial charge on any atom is -0.369 e. The van der Waals surface area contributed by atoms with Gasteiger partial charge in [0.05, 0.1) is 4.90 Å². The number of nitrogens with zero attached hydrogens (tertiary/aromatic N) is 2. The molecule has 0 unspecified atom stereocenters. The van der Waals surface area contributed by atoms with E-state index < -0.39 is 10.0 Å². The maximum Gasteiger partial charge on any atom is 0.243 e. The Balaban J connectivity index is 1.75. The number of ketones is 1. The summed E-state index contributed by atoms with van der Waals surface area (Å²) in [7, 11) is -3.60. The number of benzene rings is 2. The van der Waals surface area contributed by atoms with Crippen molar-refractivity contribution in [2.45, 2.75) is 11.8 Å². The summed E-state index contributed by atoms with van der Waals surface area (Å²) < 4.78 is 27.1. The van der Waals surface area contributed by atoms with Crippen molar-refractivity contribution in [1.29, 1.82) is 0 Å². The van der Waals surface area contributed by atoms with E-state index in [1.807, 2.05) is 24.3 Å². The summed E-state index contributed by atoms with van der Waals surface area (Å²) in [5.74, 6) is -0.150. The number of halogens is 1. The molecule has 0 saturated carbocycles. The number of carbonyl (C=O) groups is 1. The molecule has 0 aliphatic carbocycles. The van der Waals surface area contributed by atoms with Crippen molar-refractivity contribution in [1.82, 2.24) is 4.31 Å². The normalized spacial score (nSPS) is 16.0. The fourth-order valence-electron chi connectivity index (χ4n) is 2.88. The maximum atomic E-state index is 12.8. The Kier molecular flexibility index (Phi) is 5.13. The summed E-state index contributed by atoms with van der Waals surface area (Å²) in [6, 6.07) is 13.7. The number of hydrogen-bond acceptors (Lipinski definition) is 4. The van der Waals surface area contributed by atoms with Crippen LogP contribution in [0.3, 0.4) is 0 Å². The number of rotatable bonds is 4. The average molecular weight is 379 g/mol. The predicted molar refractivity (Wildman–Crippen MR) is 98.9 cm³/mol. The van der Waals surface area contributed by atoms with Gasteiger partial charge in [-0.2, -0.15) is 4.31 Å². The molecule has 25 heavy (non-hydrogen) atoms. The van der Waals surface area contributed by atoms with Gasteiger partial charge in [-0.25, -0.2) is 8.42 Å². The maximum absolute atomic E-state index is 12.8. The zero-order valence-electron chi connectivity index (χ0n) is 13.9. The molecule has 132 valence electrons. The van der Waals surface area contributed by atoms with Gasteiger partial charge in [0.2, 0.25) is 10.0 Å². The van der Waals surface area contributed by atoms with Crippen LogP contribution < -0.4 is 4.90 Å². The molecule has 0 radical (unpaired) electrons. The Morgan fingerprint density at radius 1 is 1.00 bits per heavy atom. The fourth-order valence-corrected chi connectivity index (χ4v) is 4.54. The quantitative estimate of drug-likeness (QED) is 0.767. The highest BCUT2D eigenvalue weighted by molar-refractivity contribution is 7.89. The largest absolute Gasteiger partial charge is 0.369 e. The topological polar surface area (TPSA) is 57.7 Å². The number of Topliss-reactive ketones (excluding diaryl/α,β-unsaturated/α-hetero) is 1. The van der Waals surface area contributed by atoms with Gasteiger partial charge in [0.15, 0.2) is 5.78 Å². The van der Waals surface area contributed by atoms with E-state index in [2.05, 4.69) is 4.90 Å². The zero-order chi connectivity index (χ0) is 18.0. The van der Waals surface area contributed by atoms with E-state index in [9.17, 15) is 13.2 Å². The van der Waals surface area contributed by atoms with Crippen molar-refractivity contribution in [2.24, 2.45) is 0 Å². The SMILES string of the molecule is CC(=O)c1cccc(S(=O)(=O)N2CCN(c3cccc(Cl)c3)CC2)c1. The number of sulfonamides is 1. The lowest BCUT2D eigenvalue weighted by atomic mass is 10.2. The highest BCUT2D eigenvalue weighted by atomic mass is 35.5. The molecule has 0 aromatic heterocycles. The van der Waals surface area contributed by atoms with Crippen LogP contribution in [0.1, 0.15) is 17.3 Å². The third-order valence-corrected chi connectivity index (χ3v) is 6.42. The number of anilines is 1. The van der Waals surface area contributed by atoms with Crippen molar-refractivity contribution < 1.29 is 13.2 Å². The van der Waals surface area contributed by atoms with Crippen LogP contribution in [0.5, 0.6) is 0 Å². The van der Waals surface area contributed by atoms with Gasteiger partial charge in [0, 0.05) is 42.5 Å². The molecule has 2 aromatic carbocycles. The van der Waals surface area contributed by atoms with Gasteiger partial charge in [-0.3, -0.25) is 4.79 Å². The Morgan fingerprint density at radius 3 is 2.32 bits per heavy atom. The standard InChI is InChI=1S/C18H19ClN2O3S/c1-14(22)15-4-2-7-18(12-15)25(23,24)21-10-8-20(9-11-21)17-6-3-5-16(19)13-17/h2-7,12-13H,8-11H2,1H3. The Bertz CT molecular complexity index is 891. The predicted octanol–water partition coefficient (Wildman–Crippen LogP) is 3.05. The molecule has 1 heterocycles. The van der Waals surface area contributed by atoms with Crippen LogP contribution in [-0.4, -0.2) is 44.7 Å². The van der Waals surface area contributed by atoms with Gasteiger partial charge in [-0.15, -0.1) is 0 Å². The van der Waals surface area contributed by atoms with Gasteiger partial charge in [-0.05, 0) is 37.3 Å². The molecule has 3 rings (SSSR count). The van der Waals surface area contributed by atoms with Crippen LogP contribution in [0.25, 0.3) is 0 Å². The second kappa shape index (κ2) is 7.15. The number of carbonyl (C=O) groups excluding carboxylic acids is 1. The monoisotopic (exact) mass is 378 g/mol. The molecular weight excluding hydrogens is 360 g/mol. The first kappa shape index (κ1) is 17.9. The summed E-state index contributed by atoms with van der Waals surface area (Å²) in [5.41, 5.74) is 1.39. The lowest BCUT2D eigenvalue weighted by Gasteiger charge is -2.35. The first-order chi connectivity index (χ1) is 11.9. The van der Waals surface area contributed by atoms with Gasteiger partial charge in [0.25, 0.3) is 0 Å². The molecule has 0 amide bonds. The molecule has 1 aliphatic rings. The smallest absolute Gasteiger partial charge is 0.243 e. The lowest BCUT2D eigenvalue weighted by Crippen LogP contribution is -2.48. The van der Waals surface area contributed by atoms with E-state index in [1.54, 1.807) is 12.1 Å². The van der Waals surface area contributed by atoms with Crippen molar-refractivity contribution in [2.75, 3.05) is 31.1 Å². The van der Waals surface area contributed by atoms with Crippen LogP contribution in [-0.2, 0) is 10.0 Å². The van der Waals surface area contributed by atoms with Crippen LogP contribution in [0.4, 0.5) is 5.69 Å². The highest BCUT2D eigenvalue weighted by Crippen LogP contribution is 2.23. The minimum absolute atomic E-state index is 0.150. The van der Waals surface area contributed by atoms with Crippen LogP contribution in [0, 0.1) is 0 Å². The van der Waals surface area contributed by atoms with Crippen molar-refractivity contribution in [3.05, 3.63) is 59.1 Å². The van der Waals surface area contributed by atoms with E-state index in [4.69, 9.17) is 11.6 Å². The van der Waals surface area contributed by atoms with Crippen LogP contribution in [0.15, 0.2) is 53.4 Å². The Morgan fingerprint density at radius 2 is 1.68 bits per heavy atom. The van der Waals surface area contributed by atoms with Gasteiger partial charge < -0.3 is 4.90 Å². The molecule has 0 spiro atoms. The molecule has 1 fully saturated rings. The van der Waals surface area contributed by atoms with Crippen molar-refractivity contribution >= 4 is 33.1 Å². The Labute approximate surface area is 152 Å². The van der Waals surface area contributed by atoms with Gasteiger partial charge >= 0.3 is 0 Å². The third-order valence-electron chi connectivity index (χ3n) is 4.29. The molecule has 5 nitrogen and oxygen atoms in total. The molecule has 1 aliphatic heterocycles. The molecule has 1 saturated heterocycles. The first-order valence-corrected chi connectivity index (χ1v) is 9.81. The van der Waals surface area contributed by atoms with Crippen LogP contribution in [0.2, 0.25) is 5.02 Å².